The Morgan fingerprint density at radius 2 is 2.29 bits per heavy atom. The van der Waals surface area contributed by atoms with Gasteiger partial charge in [0.15, 0.2) is 0 Å². The van der Waals surface area contributed by atoms with Crippen molar-refractivity contribution in [2.75, 3.05) is 6.54 Å². The van der Waals surface area contributed by atoms with Crippen LogP contribution in [0.3, 0.4) is 0 Å². The normalized spacial score (nSPS) is 18.2. The topological polar surface area (TPSA) is 32.2 Å². The van der Waals surface area contributed by atoms with E-state index in [-0.39, 0.29) is 6.04 Å². The number of hydrogen-bond acceptors (Lipinski definition) is 3. The Morgan fingerprint density at radius 3 is 3.04 bits per heavy atom. The van der Waals surface area contributed by atoms with Crippen LogP contribution < -0.4 is 0 Å². The van der Waals surface area contributed by atoms with Gasteiger partial charge in [-0.1, -0.05) is 30.7 Å². The van der Waals surface area contributed by atoms with Gasteiger partial charge in [-0.2, -0.15) is 0 Å². The molecule has 1 unspecified atom stereocenters. The van der Waals surface area contributed by atoms with Crippen molar-refractivity contribution in [3.8, 4) is 0 Å². The monoisotopic (exact) mass is 412 g/mol. The van der Waals surface area contributed by atoms with E-state index in [1.165, 1.54) is 27.1 Å². The Balaban J connectivity index is 1.81. The number of H-pyrrole nitrogens is 1. The van der Waals surface area contributed by atoms with E-state index in [4.69, 9.17) is 16.0 Å². The molecule has 1 aliphatic heterocycles. The summed E-state index contributed by atoms with van der Waals surface area (Å²) in [6.45, 7) is 6.14. The van der Waals surface area contributed by atoms with Gasteiger partial charge >= 0.3 is 0 Å². The van der Waals surface area contributed by atoms with E-state index in [1.807, 2.05) is 24.1 Å². The van der Waals surface area contributed by atoms with E-state index in [1.54, 1.807) is 6.26 Å². The van der Waals surface area contributed by atoms with E-state index in [0.717, 1.165) is 36.5 Å². The summed E-state index contributed by atoms with van der Waals surface area (Å²) in [5, 5.41) is 4.22. The highest BCUT2D eigenvalue weighted by Gasteiger charge is 2.33. The average Bonchev–Trinajstić information content (AvgIpc) is 3.32. The molecule has 3 nitrogen and oxygen atoms in total. The maximum absolute atomic E-state index is 6.30. The Hall–Kier alpha value is -1.88. The van der Waals surface area contributed by atoms with Gasteiger partial charge in [0.05, 0.1) is 18.6 Å². The van der Waals surface area contributed by atoms with E-state index < -0.39 is 0 Å². The second-order valence-electron chi connectivity index (χ2n) is 7.06. The molecule has 2 aromatic heterocycles. The molecule has 28 heavy (non-hydrogen) atoms. The lowest BCUT2D eigenvalue weighted by atomic mass is 9.96. The van der Waals surface area contributed by atoms with Gasteiger partial charge in [-0.05, 0) is 55.0 Å². The highest BCUT2D eigenvalue weighted by molar-refractivity contribution is 8.05. The van der Waals surface area contributed by atoms with Crippen LogP contribution in [0.4, 0.5) is 0 Å². The minimum Gasteiger partial charge on any atom is -0.472 e. The SMILES string of the molecule is C/C=C\S/C(=C/CC)C1c2[nH]c3ccc(Cl)cc3c2CCN1Cc1ccoc1. The lowest BCUT2D eigenvalue weighted by Gasteiger charge is -2.36. The van der Waals surface area contributed by atoms with Crippen LogP contribution >= 0.6 is 23.4 Å². The summed E-state index contributed by atoms with van der Waals surface area (Å²) >= 11 is 8.11. The molecule has 0 spiro atoms. The van der Waals surface area contributed by atoms with Crippen LogP contribution in [0, 0.1) is 0 Å². The molecule has 3 aromatic rings. The number of allylic oxidation sites excluding steroid dienone is 2. The van der Waals surface area contributed by atoms with Crippen molar-refractivity contribution in [1.82, 2.24) is 9.88 Å². The molecule has 3 heterocycles. The molecule has 0 aliphatic carbocycles. The molecule has 5 heteroatoms. The molecule has 1 aliphatic rings. The van der Waals surface area contributed by atoms with Gasteiger partial charge in [-0.25, -0.2) is 0 Å². The summed E-state index contributed by atoms with van der Waals surface area (Å²) < 4.78 is 5.31. The van der Waals surface area contributed by atoms with Crippen molar-refractivity contribution in [3.63, 3.8) is 0 Å². The maximum Gasteiger partial charge on any atom is 0.0947 e. The number of rotatable bonds is 6. The first-order chi connectivity index (χ1) is 13.7. The summed E-state index contributed by atoms with van der Waals surface area (Å²) in [4.78, 5) is 7.62. The Bertz CT molecular complexity index is 1000. The number of nitrogens with zero attached hydrogens (tertiary/aromatic N) is 1. The predicted octanol–water partition coefficient (Wildman–Crippen LogP) is 7.07. The molecule has 1 aromatic carbocycles. The molecule has 1 N–H and O–H groups in total. The zero-order valence-corrected chi connectivity index (χ0v) is 17.8. The second-order valence-corrected chi connectivity index (χ2v) is 8.48. The highest BCUT2D eigenvalue weighted by atomic mass is 35.5. The largest absolute Gasteiger partial charge is 0.472 e. The van der Waals surface area contributed by atoms with Crippen LogP contribution in [0.15, 0.2) is 63.7 Å². The minimum atomic E-state index is 0.200. The number of aromatic nitrogens is 1. The fourth-order valence-electron chi connectivity index (χ4n) is 3.99. The summed E-state index contributed by atoms with van der Waals surface area (Å²) in [7, 11) is 0. The molecule has 0 amide bonds. The average molecular weight is 413 g/mol. The Kier molecular flexibility index (Phi) is 6.00. The number of aromatic amines is 1. The minimum absolute atomic E-state index is 0.200. The van der Waals surface area contributed by atoms with E-state index in [0.29, 0.717) is 0 Å². The lowest BCUT2D eigenvalue weighted by Crippen LogP contribution is -2.35. The molecule has 0 fully saturated rings. The van der Waals surface area contributed by atoms with Gasteiger partial charge in [0.25, 0.3) is 0 Å². The fourth-order valence-corrected chi connectivity index (χ4v) is 5.12. The van der Waals surface area contributed by atoms with Crippen molar-refractivity contribution in [1.29, 1.82) is 0 Å². The van der Waals surface area contributed by atoms with Crippen LogP contribution in [0.25, 0.3) is 10.9 Å². The molecule has 0 radical (unpaired) electrons. The first-order valence-electron chi connectivity index (χ1n) is 9.74. The third-order valence-corrected chi connectivity index (χ3v) is 6.48. The van der Waals surface area contributed by atoms with E-state index in [9.17, 15) is 0 Å². The number of fused-ring (bicyclic) bond motifs is 3. The third kappa shape index (κ3) is 3.82. The van der Waals surface area contributed by atoms with Crippen molar-refractivity contribution < 1.29 is 4.42 Å². The number of furan rings is 1. The Labute approximate surface area is 175 Å². The van der Waals surface area contributed by atoms with Crippen LogP contribution in [0.5, 0.6) is 0 Å². The number of benzene rings is 1. The van der Waals surface area contributed by atoms with Gasteiger partial charge in [0, 0.05) is 45.2 Å². The molecular weight excluding hydrogens is 388 g/mol. The van der Waals surface area contributed by atoms with E-state index in [2.05, 4.69) is 59.5 Å². The first-order valence-corrected chi connectivity index (χ1v) is 11.0. The summed E-state index contributed by atoms with van der Waals surface area (Å²) in [6.07, 6.45) is 10.1. The first kappa shape index (κ1) is 19.4. The molecule has 1 atom stereocenters. The van der Waals surface area contributed by atoms with Crippen LogP contribution in [0.2, 0.25) is 5.02 Å². The van der Waals surface area contributed by atoms with Gasteiger partial charge < -0.3 is 9.40 Å². The predicted molar refractivity (Wildman–Crippen MR) is 120 cm³/mol. The second kappa shape index (κ2) is 8.64. The number of hydrogen-bond donors (Lipinski definition) is 1. The maximum atomic E-state index is 6.30. The number of nitrogens with one attached hydrogen (secondary N) is 1. The van der Waals surface area contributed by atoms with Crippen LogP contribution in [-0.2, 0) is 13.0 Å². The zero-order valence-electron chi connectivity index (χ0n) is 16.2. The summed E-state index contributed by atoms with van der Waals surface area (Å²) in [5.41, 5.74) is 5.06. The van der Waals surface area contributed by atoms with Crippen molar-refractivity contribution in [2.45, 2.75) is 39.3 Å². The molecule has 0 bridgehead atoms. The molecular formula is C23H25ClN2OS. The molecule has 4 rings (SSSR count). The molecule has 146 valence electrons. The zero-order chi connectivity index (χ0) is 19.5. The van der Waals surface area contributed by atoms with Gasteiger partial charge in [0.1, 0.15) is 0 Å². The smallest absolute Gasteiger partial charge is 0.0947 e. The molecule has 0 saturated carbocycles. The van der Waals surface area contributed by atoms with Crippen molar-refractivity contribution >= 4 is 34.3 Å². The summed E-state index contributed by atoms with van der Waals surface area (Å²) in [5.74, 6) is 0. The van der Waals surface area contributed by atoms with Crippen molar-refractivity contribution in [2.24, 2.45) is 0 Å². The summed E-state index contributed by atoms with van der Waals surface area (Å²) in [6, 6.07) is 8.40. The van der Waals surface area contributed by atoms with Gasteiger partial charge in [0.2, 0.25) is 0 Å². The van der Waals surface area contributed by atoms with Crippen molar-refractivity contribution in [3.05, 3.63) is 81.1 Å². The number of thioether (sulfide) groups is 1. The quantitative estimate of drug-likeness (QED) is 0.469. The highest BCUT2D eigenvalue weighted by Crippen LogP contribution is 2.43. The van der Waals surface area contributed by atoms with Gasteiger partial charge in [-0.3, -0.25) is 4.90 Å². The van der Waals surface area contributed by atoms with Gasteiger partial charge in [-0.15, -0.1) is 11.8 Å². The molecule has 0 saturated heterocycles. The van der Waals surface area contributed by atoms with Crippen LogP contribution in [-0.4, -0.2) is 16.4 Å². The standard InChI is InChI=1S/C23H25ClN2OS/c1-3-5-21(28-12-4-2)23-22-18(19-13-17(24)6-7-20(19)25-22)8-10-26(23)14-16-9-11-27-15-16/h4-7,9,11-13,15,23,25H,3,8,10,14H2,1-2H3/b12-4-,21-5+. The lowest BCUT2D eigenvalue weighted by molar-refractivity contribution is 0.204. The third-order valence-electron chi connectivity index (χ3n) is 5.17. The van der Waals surface area contributed by atoms with E-state index >= 15 is 0 Å². The fraction of sp³-hybridized carbons (Fsp3) is 0.304. The van der Waals surface area contributed by atoms with Crippen LogP contribution in [0.1, 0.15) is 43.1 Å². The number of halogens is 1. The Morgan fingerprint density at radius 1 is 1.39 bits per heavy atom.